The second kappa shape index (κ2) is 6.45. The summed E-state index contributed by atoms with van der Waals surface area (Å²) in [6.45, 7) is 0. The highest BCUT2D eigenvalue weighted by Crippen LogP contribution is 2.41. The SMILES string of the molecule is N#CC(=CNc1c(Br)cc(Br)cc1C(F)(F)F)c1nn[nH]n1. The van der Waals surface area contributed by atoms with Crippen LogP contribution >= 0.6 is 31.9 Å². The van der Waals surface area contributed by atoms with Crippen molar-refractivity contribution in [2.75, 3.05) is 5.32 Å². The van der Waals surface area contributed by atoms with Crippen molar-refractivity contribution >= 4 is 43.1 Å². The molecule has 0 aliphatic heterocycles. The molecule has 0 fully saturated rings. The molecule has 0 atom stereocenters. The Bertz CT molecular complexity index is 748. The van der Waals surface area contributed by atoms with Gasteiger partial charge >= 0.3 is 6.18 Å². The molecule has 1 aromatic heterocycles. The maximum Gasteiger partial charge on any atom is 0.418 e. The Kier molecular flexibility index (Phi) is 4.82. The van der Waals surface area contributed by atoms with Gasteiger partial charge in [-0.3, -0.25) is 0 Å². The number of H-pyrrole nitrogens is 1. The first-order valence-electron chi connectivity index (χ1n) is 5.49. The summed E-state index contributed by atoms with van der Waals surface area (Å²) in [5, 5.41) is 24.1. The number of hydrogen-bond donors (Lipinski definition) is 2. The van der Waals surface area contributed by atoms with Crippen LogP contribution in [0.5, 0.6) is 0 Å². The Morgan fingerprint density at radius 2 is 2.09 bits per heavy atom. The molecular weight excluding hydrogens is 433 g/mol. The number of alkyl halides is 3. The number of tetrazole rings is 1. The fourth-order valence-electron chi connectivity index (χ4n) is 1.51. The lowest BCUT2D eigenvalue weighted by Crippen LogP contribution is -2.09. The van der Waals surface area contributed by atoms with Crippen molar-refractivity contribution in [2.24, 2.45) is 0 Å². The van der Waals surface area contributed by atoms with Gasteiger partial charge in [-0.2, -0.15) is 23.6 Å². The van der Waals surface area contributed by atoms with Gasteiger partial charge in [-0.15, -0.1) is 10.2 Å². The molecule has 1 aromatic carbocycles. The van der Waals surface area contributed by atoms with Gasteiger partial charge in [0, 0.05) is 15.1 Å². The molecule has 0 aliphatic rings. The number of halogens is 5. The van der Waals surface area contributed by atoms with E-state index in [-0.39, 0.29) is 26.0 Å². The molecule has 11 heteroatoms. The van der Waals surface area contributed by atoms with Crippen molar-refractivity contribution < 1.29 is 13.2 Å². The van der Waals surface area contributed by atoms with Crippen molar-refractivity contribution in [1.29, 1.82) is 5.26 Å². The van der Waals surface area contributed by atoms with E-state index in [9.17, 15) is 13.2 Å². The van der Waals surface area contributed by atoms with Crippen LogP contribution in [-0.4, -0.2) is 20.6 Å². The molecule has 0 radical (unpaired) electrons. The number of nitrogens with one attached hydrogen (secondary N) is 2. The quantitative estimate of drug-likeness (QED) is 0.714. The van der Waals surface area contributed by atoms with Crippen LogP contribution in [0.1, 0.15) is 11.4 Å². The van der Waals surface area contributed by atoms with Crippen molar-refractivity contribution in [1.82, 2.24) is 20.6 Å². The molecule has 1 heterocycles. The zero-order valence-electron chi connectivity index (χ0n) is 10.4. The van der Waals surface area contributed by atoms with Crippen LogP contribution in [0.15, 0.2) is 27.3 Å². The first kappa shape index (κ1) is 16.4. The Hall–Kier alpha value is -1.93. The lowest BCUT2D eigenvalue weighted by molar-refractivity contribution is -0.137. The van der Waals surface area contributed by atoms with Crippen LogP contribution in [0.4, 0.5) is 18.9 Å². The summed E-state index contributed by atoms with van der Waals surface area (Å²) in [7, 11) is 0. The highest BCUT2D eigenvalue weighted by molar-refractivity contribution is 9.11. The van der Waals surface area contributed by atoms with Gasteiger partial charge < -0.3 is 5.32 Å². The van der Waals surface area contributed by atoms with E-state index in [0.717, 1.165) is 12.3 Å². The summed E-state index contributed by atoms with van der Waals surface area (Å²) in [6, 6.07) is 4.15. The van der Waals surface area contributed by atoms with E-state index in [0.29, 0.717) is 0 Å². The third kappa shape index (κ3) is 3.63. The highest BCUT2D eigenvalue weighted by Gasteiger charge is 2.34. The molecular formula is C11H5Br2F3N6. The fourth-order valence-corrected chi connectivity index (χ4v) is 2.85. The number of anilines is 1. The zero-order chi connectivity index (χ0) is 16.3. The maximum absolute atomic E-state index is 13.1. The molecule has 0 amide bonds. The summed E-state index contributed by atoms with van der Waals surface area (Å²) >= 11 is 6.06. The summed E-state index contributed by atoms with van der Waals surface area (Å²) < 4.78 is 39.7. The first-order valence-corrected chi connectivity index (χ1v) is 7.08. The van der Waals surface area contributed by atoms with E-state index in [1.165, 1.54) is 6.07 Å². The summed E-state index contributed by atoms with van der Waals surface area (Å²) in [5.41, 5.74) is -1.20. The molecule has 2 aromatic rings. The lowest BCUT2D eigenvalue weighted by atomic mass is 10.1. The normalized spacial score (nSPS) is 12.1. The Balaban J connectivity index is 2.44. The molecule has 0 bridgehead atoms. The first-order chi connectivity index (χ1) is 10.3. The average Bonchev–Trinajstić information content (AvgIpc) is 2.94. The summed E-state index contributed by atoms with van der Waals surface area (Å²) in [4.78, 5) is 0. The lowest BCUT2D eigenvalue weighted by Gasteiger charge is -2.15. The molecule has 22 heavy (non-hydrogen) atoms. The van der Waals surface area contributed by atoms with E-state index in [2.05, 4.69) is 57.8 Å². The fraction of sp³-hybridized carbons (Fsp3) is 0.0909. The van der Waals surface area contributed by atoms with E-state index < -0.39 is 11.7 Å². The van der Waals surface area contributed by atoms with Crippen LogP contribution in [-0.2, 0) is 6.18 Å². The molecule has 6 nitrogen and oxygen atoms in total. The van der Waals surface area contributed by atoms with Crippen LogP contribution < -0.4 is 5.32 Å². The number of nitriles is 1. The molecule has 2 rings (SSSR count). The van der Waals surface area contributed by atoms with E-state index in [1.54, 1.807) is 6.07 Å². The second-order valence-corrected chi connectivity index (χ2v) is 5.63. The topological polar surface area (TPSA) is 90.3 Å². The number of rotatable bonds is 3. The molecule has 0 spiro atoms. The smallest absolute Gasteiger partial charge is 0.359 e. The van der Waals surface area contributed by atoms with Crippen LogP contribution in [0.3, 0.4) is 0 Å². The molecule has 2 N–H and O–H groups in total. The minimum Gasteiger partial charge on any atom is -0.359 e. The highest BCUT2D eigenvalue weighted by atomic mass is 79.9. The van der Waals surface area contributed by atoms with E-state index in [4.69, 9.17) is 5.26 Å². The number of aromatic nitrogens is 4. The monoisotopic (exact) mass is 436 g/mol. The van der Waals surface area contributed by atoms with Gasteiger partial charge in [0.2, 0.25) is 5.82 Å². The number of hydrogen-bond acceptors (Lipinski definition) is 5. The predicted octanol–water partition coefficient (Wildman–Crippen LogP) is 3.72. The van der Waals surface area contributed by atoms with Gasteiger partial charge in [-0.05, 0) is 33.3 Å². The average molecular weight is 438 g/mol. The van der Waals surface area contributed by atoms with E-state index in [1.807, 2.05) is 0 Å². The molecule has 0 aliphatic carbocycles. The van der Waals surface area contributed by atoms with E-state index >= 15 is 0 Å². The maximum atomic E-state index is 13.1. The number of aromatic amines is 1. The second-order valence-electron chi connectivity index (χ2n) is 3.86. The van der Waals surface area contributed by atoms with Crippen LogP contribution in [0.25, 0.3) is 5.57 Å². The molecule has 0 saturated carbocycles. The van der Waals surface area contributed by atoms with Crippen molar-refractivity contribution in [3.05, 3.63) is 38.7 Å². The third-order valence-corrected chi connectivity index (χ3v) is 3.51. The predicted molar refractivity (Wildman–Crippen MR) is 78.2 cm³/mol. The van der Waals surface area contributed by atoms with Gasteiger partial charge in [0.1, 0.15) is 11.6 Å². The zero-order valence-corrected chi connectivity index (χ0v) is 13.6. The summed E-state index contributed by atoms with van der Waals surface area (Å²) in [5.74, 6) is -0.0307. The Labute approximate surface area is 138 Å². The minimum atomic E-state index is -4.57. The van der Waals surface area contributed by atoms with Gasteiger partial charge in [0.25, 0.3) is 0 Å². The Morgan fingerprint density at radius 3 is 2.64 bits per heavy atom. The van der Waals surface area contributed by atoms with Crippen molar-refractivity contribution in [3.63, 3.8) is 0 Å². The van der Waals surface area contributed by atoms with Crippen LogP contribution in [0, 0.1) is 11.3 Å². The molecule has 0 unspecified atom stereocenters. The van der Waals surface area contributed by atoms with Crippen molar-refractivity contribution in [3.8, 4) is 6.07 Å². The van der Waals surface area contributed by atoms with Gasteiger partial charge in [0.05, 0.1) is 11.3 Å². The summed E-state index contributed by atoms with van der Waals surface area (Å²) in [6.07, 6.45) is -3.49. The largest absolute Gasteiger partial charge is 0.418 e. The van der Waals surface area contributed by atoms with Crippen molar-refractivity contribution in [2.45, 2.75) is 6.18 Å². The number of nitrogens with zero attached hydrogens (tertiary/aromatic N) is 4. The molecule has 0 saturated heterocycles. The number of allylic oxidation sites excluding steroid dienone is 1. The third-order valence-electron chi connectivity index (χ3n) is 2.43. The number of benzene rings is 1. The van der Waals surface area contributed by atoms with Gasteiger partial charge in [0.15, 0.2) is 0 Å². The standard InChI is InChI=1S/C11H5Br2F3N6/c12-6-1-7(11(14,15)16)9(8(13)2-6)18-4-5(3-17)10-19-21-22-20-10/h1-2,4,18H,(H,19,20,21,22). The van der Waals surface area contributed by atoms with Crippen LogP contribution in [0.2, 0.25) is 0 Å². The Morgan fingerprint density at radius 1 is 1.36 bits per heavy atom. The van der Waals surface area contributed by atoms with Gasteiger partial charge in [-0.25, -0.2) is 0 Å². The molecule has 114 valence electrons. The minimum absolute atomic E-state index is 0.0307. The van der Waals surface area contributed by atoms with Gasteiger partial charge in [-0.1, -0.05) is 15.9 Å².